The van der Waals surface area contributed by atoms with Crippen LogP contribution in [0.3, 0.4) is 0 Å². The molecule has 2 aromatic rings. The van der Waals surface area contributed by atoms with Crippen LogP contribution in [0.1, 0.15) is 43.0 Å². The van der Waals surface area contributed by atoms with E-state index >= 15 is 0 Å². The van der Waals surface area contributed by atoms with Crippen molar-refractivity contribution in [2.75, 3.05) is 11.9 Å². The van der Waals surface area contributed by atoms with Gasteiger partial charge in [0.2, 0.25) is 10.0 Å². The molecule has 5 nitrogen and oxygen atoms in total. The Balaban J connectivity index is 1.84. The van der Waals surface area contributed by atoms with Gasteiger partial charge in [-0.15, -0.1) is 11.8 Å². The zero-order valence-corrected chi connectivity index (χ0v) is 17.2. The number of nitrogens with one attached hydrogen (secondary N) is 2. The molecule has 2 N–H and O–H groups in total. The van der Waals surface area contributed by atoms with Crippen molar-refractivity contribution in [3.63, 3.8) is 0 Å². The number of benzene rings is 2. The average Bonchev–Trinajstić information content (AvgIpc) is 3.16. The molecule has 28 heavy (non-hydrogen) atoms. The fourth-order valence-electron chi connectivity index (χ4n) is 3.17. The maximum absolute atomic E-state index is 14.2. The van der Waals surface area contributed by atoms with E-state index in [0.29, 0.717) is 10.9 Å². The van der Waals surface area contributed by atoms with Gasteiger partial charge in [-0.3, -0.25) is 4.79 Å². The molecule has 150 valence electrons. The number of rotatable bonds is 7. The molecule has 2 aromatic carbocycles. The van der Waals surface area contributed by atoms with Crippen LogP contribution in [0.4, 0.5) is 10.1 Å². The first kappa shape index (κ1) is 20.8. The normalized spacial score (nSPS) is 14.9. The van der Waals surface area contributed by atoms with Gasteiger partial charge in [-0.05, 0) is 43.2 Å². The van der Waals surface area contributed by atoms with Gasteiger partial charge in [0.15, 0.2) is 0 Å². The summed E-state index contributed by atoms with van der Waals surface area (Å²) in [5, 5.41) is 3.25. The predicted molar refractivity (Wildman–Crippen MR) is 110 cm³/mol. The van der Waals surface area contributed by atoms with Gasteiger partial charge in [-0.2, -0.15) is 0 Å². The molecule has 0 heterocycles. The second-order valence-corrected chi connectivity index (χ2v) is 9.73. The average molecular weight is 423 g/mol. The minimum Gasteiger partial charge on any atom is -0.321 e. The zero-order valence-electron chi connectivity index (χ0n) is 15.6. The summed E-state index contributed by atoms with van der Waals surface area (Å²) < 4.78 is 40.9. The Morgan fingerprint density at radius 3 is 2.61 bits per heavy atom. The monoisotopic (exact) mass is 422 g/mol. The molecule has 1 amide bonds. The molecule has 0 atom stereocenters. The molecule has 8 heteroatoms. The van der Waals surface area contributed by atoms with Crippen molar-refractivity contribution in [3.05, 3.63) is 53.8 Å². The molecule has 1 aliphatic rings. The molecule has 0 aromatic heterocycles. The Labute approximate surface area is 169 Å². The van der Waals surface area contributed by atoms with Crippen LogP contribution < -0.4 is 10.0 Å². The lowest BCUT2D eigenvalue weighted by molar-refractivity contribution is 0.102. The fraction of sp³-hybridized carbons (Fsp3) is 0.350. The first-order valence-electron chi connectivity index (χ1n) is 9.27. The van der Waals surface area contributed by atoms with Crippen molar-refractivity contribution in [3.8, 4) is 0 Å². The second-order valence-electron chi connectivity index (χ2n) is 6.62. The molecule has 1 fully saturated rings. The lowest BCUT2D eigenvalue weighted by Gasteiger charge is -2.14. The fourth-order valence-corrected chi connectivity index (χ4v) is 5.57. The largest absolute Gasteiger partial charge is 0.321 e. The maximum Gasteiger partial charge on any atom is 0.258 e. The van der Waals surface area contributed by atoms with E-state index in [-0.39, 0.29) is 17.0 Å². The number of hydrogen-bond donors (Lipinski definition) is 2. The summed E-state index contributed by atoms with van der Waals surface area (Å²) in [6, 6.07) is 10.6. The number of sulfonamides is 1. The Morgan fingerprint density at radius 2 is 1.89 bits per heavy atom. The van der Waals surface area contributed by atoms with E-state index in [1.807, 2.05) is 12.1 Å². The molecule has 1 aliphatic carbocycles. The summed E-state index contributed by atoms with van der Waals surface area (Å²) in [5.41, 5.74) is 0.295. The minimum absolute atomic E-state index is 0.144. The number of carbonyl (C=O) groups excluding carboxylic acids is 1. The standard InChI is InChI=1S/C20H23FN2O3S2/c1-2-22-28(25,26)15-11-12-17(21)16(13-15)20(24)23-18-9-5-6-10-19(18)27-14-7-3-4-8-14/h5-6,9-14,22H,2-4,7-8H2,1H3,(H,23,24). The Hall–Kier alpha value is -1.90. The highest BCUT2D eigenvalue weighted by Gasteiger charge is 2.21. The van der Waals surface area contributed by atoms with Crippen molar-refractivity contribution >= 4 is 33.4 Å². The number of anilines is 1. The number of para-hydroxylation sites is 1. The zero-order chi connectivity index (χ0) is 20.1. The summed E-state index contributed by atoms with van der Waals surface area (Å²) >= 11 is 1.72. The summed E-state index contributed by atoms with van der Waals surface area (Å²) in [4.78, 5) is 13.5. The topological polar surface area (TPSA) is 75.3 Å². The van der Waals surface area contributed by atoms with Gasteiger partial charge in [-0.1, -0.05) is 31.9 Å². The highest BCUT2D eigenvalue weighted by molar-refractivity contribution is 8.00. The highest BCUT2D eigenvalue weighted by atomic mass is 32.2. The van der Waals surface area contributed by atoms with Crippen LogP contribution in [0, 0.1) is 5.82 Å². The lowest BCUT2D eigenvalue weighted by Crippen LogP contribution is -2.24. The van der Waals surface area contributed by atoms with Crippen LogP contribution in [0.2, 0.25) is 0 Å². The van der Waals surface area contributed by atoms with Gasteiger partial charge in [-0.25, -0.2) is 17.5 Å². The molecule has 0 saturated heterocycles. The molecule has 0 aliphatic heterocycles. The third-order valence-electron chi connectivity index (χ3n) is 4.56. The van der Waals surface area contributed by atoms with E-state index in [1.165, 1.54) is 12.8 Å². The molecule has 0 bridgehead atoms. The Kier molecular flexibility index (Phi) is 6.74. The van der Waals surface area contributed by atoms with Gasteiger partial charge >= 0.3 is 0 Å². The van der Waals surface area contributed by atoms with Crippen LogP contribution >= 0.6 is 11.8 Å². The lowest BCUT2D eigenvalue weighted by atomic mass is 10.2. The number of halogens is 1. The van der Waals surface area contributed by atoms with E-state index in [1.54, 1.807) is 30.8 Å². The van der Waals surface area contributed by atoms with Crippen LogP contribution in [0.5, 0.6) is 0 Å². The Bertz CT molecular complexity index is 958. The summed E-state index contributed by atoms with van der Waals surface area (Å²) in [7, 11) is -3.78. The smallest absolute Gasteiger partial charge is 0.258 e. The number of carbonyl (C=O) groups is 1. The number of thioether (sulfide) groups is 1. The van der Waals surface area contributed by atoms with Crippen LogP contribution in [-0.4, -0.2) is 26.1 Å². The van der Waals surface area contributed by atoms with Gasteiger partial charge < -0.3 is 5.32 Å². The number of amides is 1. The first-order valence-corrected chi connectivity index (χ1v) is 11.6. The van der Waals surface area contributed by atoms with Crippen LogP contribution in [0.25, 0.3) is 0 Å². The van der Waals surface area contributed by atoms with E-state index in [9.17, 15) is 17.6 Å². The van der Waals surface area contributed by atoms with Crippen molar-refractivity contribution < 1.29 is 17.6 Å². The van der Waals surface area contributed by atoms with Crippen molar-refractivity contribution in [2.24, 2.45) is 0 Å². The quantitative estimate of drug-likeness (QED) is 0.693. The van der Waals surface area contributed by atoms with Gasteiger partial charge in [0.25, 0.3) is 5.91 Å². The summed E-state index contributed by atoms with van der Waals surface area (Å²) in [6.07, 6.45) is 4.72. The first-order chi connectivity index (χ1) is 13.4. The third kappa shape index (κ3) is 4.92. The molecular weight excluding hydrogens is 399 g/mol. The molecule has 0 radical (unpaired) electrons. The van der Waals surface area contributed by atoms with E-state index < -0.39 is 21.7 Å². The van der Waals surface area contributed by atoms with Crippen molar-refractivity contribution in [2.45, 2.75) is 47.6 Å². The third-order valence-corrected chi connectivity index (χ3v) is 7.52. The maximum atomic E-state index is 14.2. The highest BCUT2D eigenvalue weighted by Crippen LogP contribution is 2.38. The predicted octanol–water partition coefficient (Wildman–Crippen LogP) is 4.41. The van der Waals surface area contributed by atoms with E-state index in [0.717, 1.165) is 35.9 Å². The van der Waals surface area contributed by atoms with Crippen LogP contribution in [0.15, 0.2) is 52.3 Å². The molecule has 1 saturated carbocycles. The molecule has 0 spiro atoms. The summed E-state index contributed by atoms with van der Waals surface area (Å²) in [5.74, 6) is -1.45. The Morgan fingerprint density at radius 1 is 1.18 bits per heavy atom. The van der Waals surface area contributed by atoms with E-state index in [2.05, 4.69) is 10.0 Å². The molecular formula is C20H23FN2O3S2. The van der Waals surface area contributed by atoms with Crippen molar-refractivity contribution in [1.29, 1.82) is 0 Å². The van der Waals surface area contributed by atoms with Gasteiger partial charge in [0, 0.05) is 16.7 Å². The van der Waals surface area contributed by atoms with E-state index in [4.69, 9.17) is 0 Å². The summed E-state index contributed by atoms with van der Waals surface area (Å²) in [6.45, 7) is 1.85. The minimum atomic E-state index is -3.78. The van der Waals surface area contributed by atoms with Gasteiger partial charge in [0.1, 0.15) is 5.82 Å². The second kappa shape index (κ2) is 9.07. The molecule has 0 unspecified atom stereocenters. The van der Waals surface area contributed by atoms with Crippen molar-refractivity contribution in [1.82, 2.24) is 4.72 Å². The number of hydrogen-bond acceptors (Lipinski definition) is 4. The molecule has 3 rings (SSSR count). The van der Waals surface area contributed by atoms with Gasteiger partial charge in [0.05, 0.1) is 16.1 Å². The van der Waals surface area contributed by atoms with Crippen LogP contribution in [-0.2, 0) is 10.0 Å². The SMILES string of the molecule is CCNS(=O)(=O)c1ccc(F)c(C(=O)Nc2ccccc2SC2CCCC2)c1.